The molecule has 0 saturated carbocycles. The zero-order chi connectivity index (χ0) is 25.8. The summed E-state index contributed by atoms with van der Waals surface area (Å²) in [6.45, 7) is 5.93. The van der Waals surface area contributed by atoms with E-state index in [1.807, 2.05) is 75.4 Å². The number of nitrogens with one attached hydrogen (secondary N) is 1. The van der Waals surface area contributed by atoms with Gasteiger partial charge in [-0.25, -0.2) is 0 Å². The summed E-state index contributed by atoms with van der Waals surface area (Å²) in [5.74, 6) is 0.0292. The van der Waals surface area contributed by atoms with Crippen molar-refractivity contribution in [2.45, 2.75) is 32.4 Å². The third kappa shape index (κ3) is 5.29. The van der Waals surface area contributed by atoms with E-state index in [1.54, 1.807) is 19.2 Å². The molecule has 1 unspecified atom stereocenters. The minimum absolute atomic E-state index is 0.0932. The lowest BCUT2D eigenvalue weighted by molar-refractivity contribution is -0.117. The van der Waals surface area contributed by atoms with Crippen molar-refractivity contribution in [1.29, 1.82) is 5.26 Å². The average molecular weight is 498 g/mol. The standard InChI is InChI=1S/C29H27N3O3S/c1-18-5-10-22(11-6-18)31-27(33)25(17-30)29-32(23-12-7-19(2)20(3)15-23)28(34)26(36-29)16-21-8-13-24(35-4)14-9-21/h5-15,26H,16H2,1-4H3,(H,31,33). The Bertz CT molecular complexity index is 1370. The normalized spacial score (nSPS) is 16.5. The van der Waals surface area contributed by atoms with Gasteiger partial charge >= 0.3 is 0 Å². The summed E-state index contributed by atoms with van der Waals surface area (Å²) in [5, 5.41) is 12.7. The molecular formula is C29H27N3O3S. The summed E-state index contributed by atoms with van der Waals surface area (Å²) in [7, 11) is 1.61. The van der Waals surface area contributed by atoms with Crippen molar-refractivity contribution >= 4 is 35.0 Å². The molecule has 2 amide bonds. The molecule has 0 radical (unpaired) electrons. The van der Waals surface area contributed by atoms with Crippen LogP contribution < -0.4 is 15.0 Å². The predicted octanol–water partition coefficient (Wildman–Crippen LogP) is 5.69. The van der Waals surface area contributed by atoms with Crippen LogP contribution in [0.2, 0.25) is 0 Å². The van der Waals surface area contributed by atoms with Gasteiger partial charge in [0.15, 0.2) is 0 Å². The summed E-state index contributed by atoms with van der Waals surface area (Å²) in [6.07, 6.45) is 0.455. The highest BCUT2D eigenvalue weighted by atomic mass is 32.2. The van der Waals surface area contributed by atoms with E-state index in [4.69, 9.17) is 4.74 Å². The van der Waals surface area contributed by atoms with Gasteiger partial charge in [-0.2, -0.15) is 5.26 Å². The third-order valence-electron chi connectivity index (χ3n) is 6.14. The summed E-state index contributed by atoms with van der Waals surface area (Å²) in [6, 6.07) is 22.6. The van der Waals surface area contributed by atoms with Crippen LogP contribution in [0.15, 0.2) is 77.3 Å². The van der Waals surface area contributed by atoms with E-state index in [1.165, 1.54) is 16.7 Å². The highest BCUT2D eigenvalue weighted by molar-refractivity contribution is 8.05. The number of carbonyl (C=O) groups excluding carboxylic acids is 2. The van der Waals surface area contributed by atoms with E-state index in [0.29, 0.717) is 22.8 Å². The molecule has 1 aliphatic heterocycles. The average Bonchev–Trinajstić information content (AvgIpc) is 3.18. The van der Waals surface area contributed by atoms with Gasteiger partial charge in [-0.05, 0) is 80.3 Å². The predicted molar refractivity (Wildman–Crippen MR) is 144 cm³/mol. The van der Waals surface area contributed by atoms with Gasteiger partial charge in [-0.3, -0.25) is 14.5 Å². The summed E-state index contributed by atoms with van der Waals surface area (Å²) in [5.41, 5.74) is 5.27. The maximum absolute atomic E-state index is 13.7. The molecule has 0 bridgehead atoms. The molecule has 4 rings (SSSR count). The maximum Gasteiger partial charge on any atom is 0.269 e. The minimum atomic E-state index is -0.546. The fraction of sp³-hybridized carbons (Fsp3) is 0.207. The van der Waals surface area contributed by atoms with Gasteiger partial charge in [0, 0.05) is 11.4 Å². The number of hydrogen-bond donors (Lipinski definition) is 1. The van der Waals surface area contributed by atoms with Gasteiger partial charge in [0.1, 0.15) is 22.4 Å². The topological polar surface area (TPSA) is 82.4 Å². The van der Waals surface area contributed by atoms with Gasteiger partial charge in [0.2, 0.25) is 5.91 Å². The zero-order valence-corrected chi connectivity index (χ0v) is 21.5. The molecule has 0 aromatic heterocycles. The van der Waals surface area contributed by atoms with E-state index in [-0.39, 0.29) is 11.5 Å². The third-order valence-corrected chi connectivity index (χ3v) is 7.41. The summed E-state index contributed by atoms with van der Waals surface area (Å²) in [4.78, 5) is 28.4. The highest BCUT2D eigenvalue weighted by Gasteiger charge is 2.41. The van der Waals surface area contributed by atoms with Crippen molar-refractivity contribution in [1.82, 2.24) is 0 Å². The molecule has 1 heterocycles. The Kier molecular flexibility index (Phi) is 7.47. The number of hydrogen-bond acceptors (Lipinski definition) is 5. The first-order valence-electron chi connectivity index (χ1n) is 11.5. The van der Waals surface area contributed by atoms with Crippen LogP contribution in [0, 0.1) is 32.1 Å². The van der Waals surface area contributed by atoms with E-state index < -0.39 is 11.2 Å². The first-order valence-corrected chi connectivity index (χ1v) is 12.4. The van der Waals surface area contributed by atoms with Crippen LogP contribution in [0.25, 0.3) is 0 Å². The quantitative estimate of drug-likeness (QED) is 0.350. The SMILES string of the molecule is COc1ccc(CC2SC(=C(C#N)C(=O)Nc3ccc(C)cc3)N(c3ccc(C)c(C)c3)C2=O)cc1. The van der Waals surface area contributed by atoms with Crippen LogP contribution in [-0.4, -0.2) is 24.2 Å². The molecular weight excluding hydrogens is 470 g/mol. The number of methoxy groups -OCH3 is 1. The maximum atomic E-state index is 13.7. The first kappa shape index (κ1) is 25.1. The summed E-state index contributed by atoms with van der Waals surface area (Å²) >= 11 is 1.25. The van der Waals surface area contributed by atoms with Crippen LogP contribution >= 0.6 is 11.8 Å². The molecule has 36 heavy (non-hydrogen) atoms. The number of amides is 2. The second-order valence-electron chi connectivity index (χ2n) is 8.71. The zero-order valence-electron chi connectivity index (χ0n) is 20.7. The van der Waals surface area contributed by atoms with Gasteiger partial charge in [0.25, 0.3) is 5.91 Å². The Morgan fingerprint density at radius 3 is 2.33 bits per heavy atom. The molecule has 1 fully saturated rings. The van der Waals surface area contributed by atoms with Crippen molar-refractivity contribution in [3.05, 3.63) is 99.6 Å². The second-order valence-corrected chi connectivity index (χ2v) is 9.90. The van der Waals surface area contributed by atoms with Crippen molar-refractivity contribution in [2.24, 2.45) is 0 Å². The number of benzene rings is 3. The lowest BCUT2D eigenvalue weighted by Gasteiger charge is -2.20. The van der Waals surface area contributed by atoms with Crippen LogP contribution in [0.5, 0.6) is 5.75 Å². The number of thioether (sulfide) groups is 1. The number of aryl methyl sites for hydroxylation is 3. The van der Waals surface area contributed by atoms with Crippen molar-refractivity contribution in [2.75, 3.05) is 17.3 Å². The Labute approximate surface area is 215 Å². The molecule has 1 saturated heterocycles. The molecule has 1 N–H and O–H groups in total. The fourth-order valence-electron chi connectivity index (χ4n) is 3.89. The van der Waals surface area contributed by atoms with E-state index in [9.17, 15) is 14.9 Å². The number of rotatable bonds is 6. The Hall–Kier alpha value is -4.02. The molecule has 3 aromatic rings. The highest BCUT2D eigenvalue weighted by Crippen LogP contribution is 2.42. The monoisotopic (exact) mass is 497 g/mol. The van der Waals surface area contributed by atoms with Gasteiger partial charge < -0.3 is 10.1 Å². The van der Waals surface area contributed by atoms with Crippen molar-refractivity contribution in [3.8, 4) is 11.8 Å². The van der Waals surface area contributed by atoms with Crippen molar-refractivity contribution in [3.63, 3.8) is 0 Å². The molecule has 3 aromatic carbocycles. The largest absolute Gasteiger partial charge is 0.497 e. The van der Waals surface area contributed by atoms with Gasteiger partial charge in [-0.1, -0.05) is 47.7 Å². The molecule has 6 nitrogen and oxygen atoms in total. The van der Waals surface area contributed by atoms with E-state index >= 15 is 0 Å². The van der Waals surface area contributed by atoms with Gasteiger partial charge in [-0.15, -0.1) is 0 Å². The Balaban J connectivity index is 1.72. The molecule has 1 atom stereocenters. The molecule has 1 aliphatic rings. The number of anilines is 2. The van der Waals surface area contributed by atoms with Crippen LogP contribution in [0.1, 0.15) is 22.3 Å². The second kappa shape index (κ2) is 10.7. The molecule has 7 heteroatoms. The van der Waals surface area contributed by atoms with E-state index in [2.05, 4.69) is 11.4 Å². The number of carbonyl (C=O) groups is 2. The van der Waals surface area contributed by atoms with Crippen LogP contribution in [-0.2, 0) is 16.0 Å². The lowest BCUT2D eigenvalue weighted by Crippen LogP contribution is -2.31. The molecule has 0 spiro atoms. The van der Waals surface area contributed by atoms with Crippen LogP contribution in [0.4, 0.5) is 11.4 Å². The van der Waals surface area contributed by atoms with Crippen LogP contribution in [0.3, 0.4) is 0 Å². The lowest BCUT2D eigenvalue weighted by atomic mass is 10.1. The van der Waals surface area contributed by atoms with Gasteiger partial charge in [0.05, 0.1) is 12.4 Å². The molecule has 182 valence electrons. The van der Waals surface area contributed by atoms with Crippen molar-refractivity contribution < 1.29 is 14.3 Å². The number of ether oxygens (including phenoxy) is 1. The van der Waals surface area contributed by atoms with E-state index in [0.717, 1.165) is 28.0 Å². The fourth-order valence-corrected chi connectivity index (χ4v) is 5.20. The smallest absolute Gasteiger partial charge is 0.269 e. The minimum Gasteiger partial charge on any atom is -0.497 e. The number of nitriles is 1. The first-order chi connectivity index (χ1) is 17.3. The summed E-state index contributed by atoms with van der Waals surface area (Å²) < 4.78 is 5.23. The number of nitrogens with zero attached hydrogens (tertiary/aromatic N) is 2. The Morgan fingerprint density at radius 2 is 1.72 bits per heavy atom. The Morgan fingerprint density at radius 1 is 1.03 bits per heavy atom. The molecule has 0 aliphatic carbocycles.